The van der Waals surface area contributed by atoms with Crippen molar-refractivity contribution in [3.05, 3.63) is 89.5 Å². The van der Waals surface area contributed by atoms with Crippen molar-refractivity contribution in [1.29, 1.82) is 0 Å². The second-order valence-corrected chi connectivity index (χ2v) is 8.10. The largest absolute Gasteiger partial charge is 0.497 e. The predicted octanol–water partition coefficient (Wildman–Crippen LogP) is 6.02. The van der Waals surface area contributed by atoms with Gasteiger partial charge >= 0.3 is 0 Å². The molecule has 1 aliphatic rings. The van der Waals surface area contributed by atoms with E-state index in [0.29, 0.717) is 12.4 Å². The summed E-state index contributed by atoms with van der Waals surface area (Å²) >= 11 is 6.01. The number of fused-ring (bicyclic) bond motifs is 2. The van der Waals surface area contributed by atoms with E-state index in [2.05, 4.69) is 29.2 Å². The summed E-state index contributed by atoms with van der Waals surface area (Å²) in [6, 6.07) is 24.0. The van der Waals surface area contributed by atoms with E-state index in [9.17, 15) is 4.79 Å². The fraction of sp³-hybridized carbons (Fsp3) is 0.192. The topological polar surface area (TPSA) is 45.3 Å². The van der Waals surface area contributed by atoms with Crippen LogP contribution in [0.3, 0.4) is 0 Å². The molecule has 1 N–H and O–H groups in total. The standard InChI is InChI=1S/C26H23ClN2O2/c1-31-18-9-6-8-17(16-18)24-23(21-12-4-5-13-22(21)28-24)25-19-10-2-3-11-20(19)26(30)29(25)15-7-14-27/h2-6,8-13,16,25,28H,7,14-15H2,1H3. The summed E-state index contributed by atoms with van der Waals surface area (Å²) in [5, 5.41) is 1.12. The Morgan fingerprint density at radius 3 is 2.68 bits per heavy atom. The van der Waals surface area contributed by atoms with E-state index in [4.69, 9.17) is 16.3 Å². The third-order valence-corrected chi connectivity index (χ3v) is 6.24. The van der Waals surface area contributed by atoms with Crippen LogP contribution >= 0.6 is 11.6 Å². The van der Waals surface area contributed by atoms with Gasteiger partial charge in [0, 0.05) is 40.0 Å². The molecule has 5 heteroatoms. The highest BCUT2D eigenvalue weighted by Gasteiger charge is 2.39. The second kappa shape index (κ2) is 8.12. The molecule has 4 aromatic rings. The number of aromatic nitrogens is 1. The molecule has 156 valence electrons. The van der Waals surface area contributed by atoms with Crippen LogP contribution in [0.15, 0.2) is 72.8 Å². The number of amides is 1. The number of para-hydroxylation sites is 1. The fourth-order valence-corrected chi connectivity index (χ4v) is 4.72. The minimum atomic E-state index is -0.177. The molecule has 0 aliphatic carbocycles. The van der Waals surface area contributed by atoms with Crippen LogP contribution in [0.25, 0.3) is 22.2 Å². The molecule has 0 spiro atoms. The Morgan fingerprint density at radius 1 is 1.03 bits per heavy atom. The van der Waals surface area contributed by atoms with Crippen LogP contribution in [0, 0.1) is 0 Å². The number of carbonyl (C=O) groups excluding carboxylic acids is 1. The molecule has 1 aliphatic heterocycles. The first-order valence-corrected chi connectivity index (χ1v) is 11.0. The first-order valence-electron chi connectivity index (χ1n) is 10.4. The molecule has 5 rings (SSSR count). The van der Waals surface area contributed by atoms with E-state index >= 15 is 0 Å². The number of hydrogen-bond acceptors (Lipinski definition) is 2. The number of ether oxygens (including phenoxy) is 1. The van der Waals surface area contributed by atoms with Crippen LogP contribution in [0.2, 0.25) is 0 Å². The number of alkyl halides is 1. The fourth-order valence-electron chi connectivity index (χ4n) is 4.60. The number of aromatic amines is 1. The first-order chi connectivity index (χ1) is 15.2. The lowest BCUT2D eigenvalue weighted by molar-refractivity contribution is 0.0751. The van der Waals surface area contributed by atoms with Gasteiger partial charge in [-0.05, 0) is 36.2 Å². The maximum Gasteiger partial charge on any atom is 0.255 e. The van der Waals surface area contributed by atoms with E-state index in [0.717, 1.165) is 51.0 Å². The molecule has 0 saturated heterocycles. The third-order valence-electron chi connectivity index (χ3n) is 5.97. The van der Waals surface area contributed by atoms with Crippen LogP contribution in [0.5, 0.6) is 5.75 Å². The zero-order valence-electron chi connectivity index (χ0n) is 17.3. The van der Waals surface area contributed by atoms with E-state index < -0.39 is 0 Å². The van der Waals surface area contributed by atoms with Gasteiger partial charge in [-0.2, -0.15) is 0 Å². The molecule has 1 atom stereocenters. The van der Waals surface area contributed by atoms with Gasteiger partial charge < -0.3 is 14.6 Å². The van der Waals surface area contributed by atoms with Crippen LogP contribution < -0.4 is 4.74 Å². The summed E-state index contributed by atoms with van der Waals surface area (Å²) < 4.78 is 5.47. The Bertz CT molecular complexity index is 1260. The molecule has 0 radical (unpaired) electrons. The highest BCUT2D eigenvalue weighted by Crippen LogP contribution is 2.45. The Labute approximate surface area is 186 Å². The van der Waals surface area contributed by atoms with Gasteiger partial charge in [0.25, 0.3) is 5.91 Å². The van der Waals surface area contributed by atoms with E-state index in [1.54, 1.807) is 7.11 Å². The van der Waals surface area contributed by atoms with E-state index in [1.807, 2.05) is 53.4 Å². The molecule has 1 amide bonds. The van der Waals surface area contributed by atoms with Crippen molar-refractivity contribution < 1.29 is 9.53 Å². The van der Waals surface area contributed by atoms with Gasteiger partial charge in [0.05, 0.1) is 18.8 Å². The van der Waals surface area contributed by atoms with E-state index in [1.165, 1.54) is 0 Å². The van der Waals surface area contributed by atoms with Crippen molar-refractivity contribution in [2.45, 2.75) is 12.5 Å². The molecule has 2 heterocycles. The van der Waals surface area contributed by atoms with Gasteiger partial charge in [-0.15, -0.1) is 11.6 Å². The Kier molecular flexibility index (Phi) is 5.16. The second-order valence-electron chi connectivity index (χ2n) is 7.72. The monoisotopic (exact) mass is 430 g/mol. The minimum absolute atomic E-state index is 0.0626. The number of rotatable bonds is 6. The van der Waals surface area contributed by atoms with Gasteiger partial charge in [-0.3, -0.25) is 4.79 Å². The lowest BCUT2D eigenvalue weighted by Crippen LogP contribution is -2.30. The number of carbonyl (C=O) groups is 1. The minimum Gasteiger partial charge on any atom is -0.497 e. The molecule has 1 aromatic heterocycles. The number of benzene rings is 3. The Morgan fingerprint density at radius 2 is 1.84 bits per heavy atom. The maximum atomic E-state index is 13.3. The maximum absolute atomic E-state index is 13.3. The first kappa shape index (κ1) is 19.7. The number of nitrogens with one attached hydrogen (secondary N) is 1. The summed E-state index contributed by atoms with van der Waals surface area (Å²) in [4.78, 5) is 18.9. The molecular weight excluding hydrogens is 408 g/mol. The lowest BCUT2D eigenvalue weighted by Gasteiger charge is -2.26. The van der Waals surface area contributed by atoms with Crippen molar-refractivity contribution in [2.24, 2.45) is 0 Å². The third kappa shape index (κ3) is 3.28. The number of hydrogen-bond donors (Lipinski definition) is 1. The van der Waals surface area contributed by atoms with Gasteiger partial charge in [-0.1, -0.05) is 48.5 Å². The molecule has 4 nitrogen and oxygen atoms in total. The van der Waals surface area contributed by atoms with Gasteiger partial charge in [0.15, 0.2) is 0 Å². The average Bonchev–Trinajstić information content (AvgIpc) is 3.33. The van der Waals surface area contributed by atoms with Crippen molar-refractivity contribution in [3.63, 3.8) is 0 Å². The van der Waals surface area contributed by atoms with Crippen LogP contribution in [0.1, 0.15) is 33.9 Å². The zero-order valence-corrected chi connectivity index (χ0v) is 18.0. The SMILES string of the molecule is COc1cccc(-c2[nH]c3ccccc3c2C2c3ccccc3C(=O)N2CCCCl)c1. The zero-order chi connectivity index (χ0) is 21.4. The molecule has 3 aromatic carbocycles. The quantitative estimate of drug-likeness (QED) is 0.380. The van der Waals surface area contributed by atoms with Gasteiger partial charge in [-0.25, -0.2) is 0 Å². The summed E-state index contributed by atoms with van der Waals surface area (Å²) in [7, 11) is 1.67. The Hall–Kier alpha value is -3.24. The molecule has 31 heavy (non-hydrogen) atoms. The average molecular weight is 431 g/mol. The Balaban J connectivity index is 1.77. The molecule has 0 fully saturated rings. The van der Waals surface area contributed by atoms with Gasteiger partial charge in [0.1, 0.15) is 5.75 Å². The normalized spacial score (nSPS) is 15.5. The predicted molar refractivity (Wildman–Crippen MR) is 125 cm³/mol. The van der Waals surface area contributed by atoms with Crippen molar-refractivity contribution in [3.8, 4) is 17.0 Å². The van der Waals surface area contributed by atoms with Crippen LogP contribution in [-0.4, -0.2) is 35.3 Å². The summed E-state index contributed by atoms with van der Waals surface area (Å²) in [5.41, 5.74) is 5.99. The molecular formula is C26H23ClN2O2. The molecule has 1 unspecified atom stereocenters. The van der Waals surface area contributed by atoms with Crippen molar-refractivity contribution in [2.75, 3.05) is 19.5 Å². The molecule has 0 bridgehead atoms. The van der Waals surface area contributed by atoms with Crippen LogP contribution in [-0.2, 0) is 0 Å². The number of nitrogens with zero attached hydrogens (tertiary/aromatic N) is 1. The van der Waals surface area contributed by atoms with Gasteiger partial charge in [0.2, 0.25) is 0 Å². The number of methoxy groups -OCH3 is 1. The van der Waals surface area contributed by atoms with Crippen molar-refractivity contribution in [1.82, 2.24) is 9.88 Å². The summed E-state index contributed by atoms with van der Waals surface area (Å²) in [6.07, 6.45) is 0.745. The number of H-pyrrole nitrogens is 1. The highest BCUT2D eigenvalue weighted by atomic mass is 35.5. The summed E-state index contributed by atoms with van der Waals surface area (Å²) in [5.74, 6) is 1.38. The van der Waals surface area contributed by atoms with E-state index in [-0.39, 0.29) is 11.9 Å². The smallest absolute Gasteiger partial charge is 0.255 e. The number of halogens is 1. The highest BCUT2D eigenvalue weighted by molar-refractivity contribution is 6.17. The molecule has 0 saturated carbocycles. The van der Waals surface area contributed by atoms with Crippen molar-refractivity contribution >= 4 is 28.4 Å². The lowest BCUT2D eigenvalue weighted by atomic mass is 9.93. The summed E-state index contributed by atoms with van der Waals surface area (Å²) in [6.45, 7) is 0.610. The van der Waals surface area contributed by atoms with Crippen LogP contribution in [0.4, 0.5) is 0 Å².